The van der Waals surface area contributed by atoms with Gasteiger partial charge in [0.2, 0.25) is 10.0 Å². The van der Waals surface area contributed by atoms with E-state index in [2.05, 4.69) is 12.6 Å². The van der Waals surface area contributed by atoms with Crippen molar-refractivity contribution in [2.45, 2.75) is 6.54 Å². The van der Waals surface area contributed by atoms with Crippen LogP contribution in [-0.4, -0.2) is 32.2 Å². The standard InChI is InChI=1S/C13H17N3O2S/c1-2-6-16(7-8-19(15,17)18)11-13-5-3-4-12(9-13)10-14/h2-5,9H,1,6-8,11H2,(H2,15,17,18). The Bertz CT molecular complexity index is 576. The number of hydrogen-bond acceptors (Lipinski definition) is 4. The van der Waals surface area contributed by atoms with E-state index in [1.165, 1.54) is 0 Å². The van der Waals surface area contributed by atoms with Crippen molar-refractivity contribution in [2.24, 2.45) is 5.14 Å². The molecule has 1 rings (SSSR count). The Kier molecular flexibility index (Phi) is 5.70. The second kappa shape index (κ2) is 7.04. The van der Waals surface area contributed by atoms with E-state index in [4.69, 9.17) is 10.4 Å². The maximum Gasteiger partial charge on any atom is 0.210 e. The first-order valence-electron chi connectivity index (χ1n) is 5.77. The minimum absolute atomic E-state index is 0.0984. The Balaban J connectivity index is 2.72. The number of nitrogens with two attached hydrogens (primary N) is 1. The van der Waals surface area contributed by atoms with E-state index < -0.39 is 10.0 Å². The second-order valence-corrected chi connectivity index (χ2v) is 5.94. The van der Waals surface area contributed by atoms with E-state index >= 15 is 0 Å². The third kappa shape index (κ3) is 6.15. The highest BCUT2D eigenvalue weighted by atomic mass is 32.2. The first-order valence-corrected chi connectivity index (χ1v) is 7.49. The topological polar surface area (TPSA) is 87.2 Å². The van der Waals surface area contributed by atoms with Crippen LogP contribution in [0, 0.1) is 11.3 Å². The molecule has 2 N–H and O–H groups in total. The Hall–Kier alpha value is -1.68. The maximum atomic E-state index is 11.0. The first-order chi connectivity index (χ1) is 8.94. The van der Waals surface area contributed by atoms with Gasteiger partial charge in [0, 0.05) is 19.6 Å². The van der Waals surface area contributed by atoms with Gasteiger partial charge in [-0.2, -0.15) is 5.26 Å². The van der Waals surface area contributed by atoms with Crippen LogP contribution in [0.3, 0.4) is 0 Å². The van der Waals surface area contributed by atoms with Crippen LogP contribution in [-0.2, 0) is 16.6 Å². The van der Waals surface area contributed by atoms with Crippen LogP contribution >= 0.6 is 0 Å². The van der Waals surface area contributed by atoms with Gasteiger partial charge in [0.1, 0.15) is 0 Å². The summed E-state index contributed by atoms with van der Waals surface area (Å²) in [6, 6.07) is 9.29. The molecule has 1 aromatic carbocycles. The molecular weight excluding hydrogens is 262 g/mol. The molecule has 0 unspecified atom stereocenters. The molecule has 0 atom stereocenters. The Labute approximate surface area is 114 Å². The van der Waals surface area contributed by atoms with Gasteiger partial charge >= 0.3 is 0 Å². The molecule has 0 radical (unpaired) electrons. The van der Waals surface area contributed by atoms with Gasteiger partial charge in [0.05, 0.1) is 17.4 Å². The second-order valence-electron chi connectivity index (χ2n) is 4.20. The summed E-state index contributed by atoms with van der Waals surface area (Å²) in [4.78, 5) is 1.91. The zero-order valence-electron chi connectivity index (χ0n) is 10.6. The van der Waals surface area contributed by atoms with E-state index in [0.29, 0.717) is 25.2 Å². The predicted octanol–water partition coefficient (Wildman–Crippen LogP) is 0.835. The van der Waals surface area contributed by atoms with Crippen LogP contribution in [0.15, 0.2) is 36.9 Å². The van der Waals surface area contributed by atoms with E-state index in [9.17, 15) is 8.42 Å². The highest BCUT2D eigenvalue weighted by Crippen LogP contribution is 2.08. The molecule has 5 nitrogen and oxygen atoms in total. The van der Waals surface area contributed by atoms with Gasteiger partial charge in [-0.1, -0.05) is 18.2 Å². The van der Waals surface area contributed by atoms with Crippen molar-refractivity contribution in [3.05, 3.63) is 48.0 Å². The SMILES string of the molecule is C=CCN(CCS(N)(=O)=O)Cc1cccc(C#N)c1. The third-order valence-electron chi connectivity index (χ3n) is 2.54. The lowest BCUT2D eigenvalue weighted by atomic mass is 10.1. The van der Waals surface area contributed by atoms with Gasteiger partial charge in [0.15, 0.2) is 0 Å². The fraction of sp³-hybridized carbons (Fsp3) is 0.308. The van der Waals surface area contributed by atoms with E-state index in [0.717, 1.165) is 5.56 Å². The lowest BCUT2D eigenvalue weighted by molar-refractivity contribution is 0.312. The summed E-state index contributed by atoms with van der Waals surface area (Å²) >= 11 is 0. The van der Waals surface area contributed by atoms with Crippen LogP contribution < -0.4 is 5.14 Å². The van der Waals surface area contributed by atoms with Gasteiger partial charge in [-0.05, 0) is 17.7 Å². The summed E-state index contributed by atoms with van der Waals surface area (Å²) in [6.07, 6.45) is 1.71. The van der Waals surface area contributed by atoms with Gasteiger partial charge < -0.3 is 0 Å². The monoisotopic (exact) mass is 279 g/mol. The molecule has 0 heterocycles. The summed E-state index contributed by atoms with van der Waals surface area (Å²) in [7, 11) is -3.47. The number of benzene rings is 1. The van der Waals surface area contributed by atoms with Crippen LogP contribution in [0.5, 0.6) is 0 Å². The zero-order chi connectivity index (χ0) is 14.3. The molecule has 0 saturated heterocycles. The number of primary sulfonamides is 1. The largest absolute Gasteiger partial charge is 0.294 e. The molecule has 0 fully saturated rings. The molecular formula is C13H17N3O2S. The van der Waals surface area contributed by atoms with E-state index in [1.54, 1.807) is 24.3 Å². The molecule has 102 valence electrons. The molecule has 0 bridgehead atoms. The Morgan fingerprint density at radius 3 is 2.79 bits per heavy atom. The highest BCUT2D eigenvalue weighted by Gasteiger charge is 2.09. The van der Waals surface area contributed by atoms with Crippen molar-refractivity contribution in [1.29, 1.82) is 5.26 Å². The Morgan fingerprint density at radius 1 is 1.47 bits per heavy atom. The van der Waals surface area contributed by atoms with Gasteiger partial charge in [-0.15, -0.1) is 6.58 Å². The number of nitriles is 1. The molecule has 6 heteroatoms. The number of nitrogens with zero attached hydrogens (tertiary/aromatic N) is 2. The van der Waals surface area contributed by atoms with Gasteiger partial charge in [0.25, 0.3) is 0 Å². The van der Waals surface area contributed by atoms with Crippen molar-refractivity contribution in [2.75, 3.05) is 18.8 Å². The minimum atomic E-state index is -3.47. The quantitative estimate of drug-likeness (QED) is 0.749. The molecule has 0 amide bonds. The van der Waals surface area contributed by atoms with E-state index in [-0.39, 0.29) is 5.75 Å². The number of rotatable bonds is 7. The Morgan fingerprint density at radius 2 is 2.21 bits per heavy atom. The highest BCUT2D eigenvalue weighted by molar-refractivity contribution is 7.89. The lowest BCUT2D eigenvalue weighted by Gasteiger charge is -2.20. The van der Waals surface area contributed by atoms with Crippen LogP contribution in [0.1, 0.15) is 11.1 Å². The van der Waals surface area contributed by atoms with Crippen molar-refractivity contribution >= 4 is 10.0 Å². The molecule has 0 saturated carbocycles. The van der Waals surface area contributed by atoms with Crippen molar-refractivity contribution in [3.8, 4) is 6.07 Å². The van der Waals surface area contributed by atoms with Crippen LogP contribution in [0.2, 0.25) is 0 Å². The summed E-state index contributed by atoms with van der Waals surface area (Å²) in [5.74, 6) is -0.0984. The summed E-state index contributed by atoms with van der Waals surface area (Å²) in [6.45, 7) is 5.09. The van der Waals surface area contributed by atoms with Crippen LogP contribution in [0.25, 0.3) is 0 Å². The number of hydrogen-bond donors (Lipinski definition) is 1. The van der Waals surface area contributed by atoms with Gasteiger partial charge in [-0.3, -0.25) is 4.90 Å². The summed E-state index contributed by atoms with van der Waals surface area (Å²) in [5, 5.41) is 13.8. The molecule has 19 heavy (non-hydrogen) atoms. The summed E-state index contributed by atoms with van der Waals surface area (Å²) in [5.41, 5.74) is 1.54. The van der Waals surface area contributed by atoms with Crippen molar-refractivity contribution < 1.29 is 8.42 Å². The smallest absolute Gasteiger partial charge is 0.210 e. The van der Waals surface area contributed by atoms with Crippen molar-refractivity contribution in [1.82, 2.24) is 4.90 Å². The third-order valence-corrected chi connectivity index (χ3v) is 3.29. The molecule has 0 spiro atoms. The maximum absolute atomic E-state index is 11.0. The first kappa shape index (κ1) is 15.4. The van der Waals surface area contributed by atoms with Crippen molar-refractivity contribution in [3.63, 3.8) is 0 Å². The fourth-order valence-electron chi connectivity index (χ4n) is 1.67. The average Bonchev–Trinajstić information content (AvgIpc) is 2.35. The average molecular weight is 279 g/mol. The van der Waals surface area contributed by atoms with Crippen LogP contribution in [0.4, 0.5) is 0 Å². The molecule has 1 aromatic rings. The molecule has 0 aromatic heterocycles. The zero-order valence-corrected chi connectivity index (χ0v) is 11.4. The molecule has 0 aliphatic carbocycles. The fourth-order valence-corrected chi connectivity index (χ4v) is 2.18. The van der Waals surface area contributed by atoms with E-state index in [1.807, 2.05) is 11.0 Å². The summed E-state index contributed by atoms with van der Waals surface area (Å²) < 4.78 is 22.0. The van der Waals surface area contributed by atoms with Gasteiger partial charge in [-0.25, -0.2) is 13.6 Å². The molecule has 0 aliphatic rings. The lowest BCUT2D eigenvalue weighted by Crippen LogP contribution is -2.31. The number of sulfonamides is 1. The normalized spacial score (nSPS) is 11.2. The minimum Gasteiger partial charge on any atom is -0.294 e. The molecule has 0 aliphatic heterocycles. The predicted molar refractivity (Wildman–Crippen MR) is 74.6 cm³/mol.